The van der Waals surface area contributed by atoms with E-state index in [-0.39, 0.29) is 18.2 Å². The maximum atomic E-state index is 11.4. The van der Waals surface area contributed by atoms with Gasteiger partial charge in [0.1, 0.15) is 5.84 Å². The maximum Gasteiger partial charge on any atom is 0.232 e. The Bertz CT molecular complexity index is 427. The van der Waals surface area contributed by atoms with E-state index in [1.807, 2.05) is 32.0 Å². The first-order valence-corrected chi connectivity index (χ1v) is 4.86. The summed E-state index contributed by atoms with van der Waals surface area (Å²) in [6.45, 7) is 3.89. The van der Waals surface area contributed by atoms with Gasteiger partial charge in [-0.1, -0.05) is 22.9 Å². The molecule has 86 valence electrons. The van der Waals surface area contributed by atoms with Crippen molar-refractivity contribution in [3.63, 3.8) is 0 Å². The summed E-state index contributed by atoms with van der Waals surface area (Å²) in [6.07, 6.45) is -0.121. The van der Waals surface area contributed by atoms with Crippen LogP contribution in [-0.2, 0) is 4.79 Å². The SMILES string of the molecule is Cc1ccc(NC(=O)CC(N)=NO)c(C)c1. The minimum absolute atomic E-state index is 0.109. The number of hydrogen-bond acceptors (Lipinski definition) is 3. The number of nitrogens with one attached hydrogen (secondary N) is 1. The molecule has 0 bridgehead atoms. The molecule has 1 aromatic carbocycles. The van der Waals surface area contributed by atoms with E-state index in [9.17, 15) is 4.79 Å². The van der Waals surface area contributed by atoms with Crippen LogP contribution in [0.3, 0.4) is 0 Å². The summed E-state index contributed by atoms with van der Waals surface area (Å²) >= 11 is 0. The first-order chi connectivity index (χ1) is 7.52. The second kappa shape index (κ2) is 5.16. The third kappa shape index (κ3) is 3.27. The summed E-state index contributed by atoms with van der Waals surface area (Å²) in [7, 11) is 0. The van der Waals surface area contributed by atoms with Gasteiger partial charge in [-0.25, -0.2) is 0 Å². The highest BCUT2D eigenvalue weighted by atomic mass is 16.4. The monoisotopic (exact) mass is 221 g/mol. The maximum absolute atomic E-state index is 11.4. The van der Waals surface area contributed by atoms with Crippen molar-refractivity contribution in [3.8, 4) is 0 Å². The molecule has 1 rings (SSSR count). The van der Waals surface area contributed by atoms with Crippen LogP contribution in [0.25, 0.3) is 0 Å². The Morgan fingerprint density at radius 2 is 2.19 bits per heavy atom. The van der Waals surface area contributed by atoms with Crippen molar-refractivity contribution >= 4 is 17.4 Å². The predicted molar refractivity (Wildman–Crippen MR) is 62.6 cm³/mol. The van der Waals surface area contributed by atoms with Gasteiger partial charge in [0.2, 0.25) is 5.91 Å². The zero-order valence-electron chi connectivity index (χ0n) is 9.32. The normalized spacial score (nSPS) is 11.2. The highest BCUT2D eigenvalue weighted by molar-refractivity contribution is 6.05. The molecule has 0 atom stereocenters. The lowest BCUT2D eigenvalue weighted by molar-refractivity contribution is -0.115. The van der Waals surface area contributed by atoms with E-state index in [4.69, 9.17) is 10.9 Å². The fourth-order valence-corrected chi connectivity index (χ4v) is 1.35. The summed E-state index contributed by atoms with van der Waals surface area (Å²) < 4.78 is 0. The molecule has 0 fully saturated rings. The molecule has 0 heterocycles. The lowest BCUT2D eigenvalue weighted by atomic mass is 10.1. The quantitative estimate of drug-likeness (QED) is 0.312. The standard InChI is InChI=1S/C11H15N3O2/c1-7-3-4-9(8(2)5-7)13-11(15)6-10(12)14-16/h3-5,16H,6H2,1-2H3,(H2,12,14)(H,13,15). The number of amidine groups is 1. The van der Waals surface area contributed by atoms with Crippen LogP contribution in [-0.4, -0.2) is 17.0 Å². The van der Waals surface area contributed by atoms with Gasteiger partial charge in [-0.3, -0.25) is 4.79 Å². The van der Waals surface area contributed by atoms with Crippen LogP contribution in [0.2, 0.25) is 0 Å². The molecular formula is C11H15N3O2. The molecule has 5 heteroatoms. The van der Waals surface area contributed by atoms with E-state index in [1.54, 1.807) is 0 Å². The summed E-state index contributed by atoms with van der Waals surface area (Å²) in [5.74, 6) is -0.412. The van der Waals surface area contributed by atoms with Gasteiger partial charge in [-0.15, -0.1) is 0 Å². The Labute approximate surface area is 94.0 Å². The van der Waals surface area contributed by atoms with Crippen molar-refractivity contribution in [1.82, 2.24) is 0 Å². The second-order valence-electron chi connectivity index (χ2n) is 3.63. The third-order valence-corrected chi connectivity index (χ3v) is 2.13. The fraction of sp³-hybridized carbons (Fsp3) is 0.273. The van der Waals surface area contributed by atoms with Crippen LogP contribution < -0.4 is 11.1 Å². The lowest BCUT2D eigenvalue weighted by Gasteiger charge is -2.08. The Kier molecular flexibility index (Phi) is 3.88. The largest absolute Gasteiger partial charge is 0.409 e. The third-order valence-electron chi connectivity index (χ3n) is 2.13. The Balaban J connectivity index is 2.70. The van der Waals surface area contributed by atoms with E-state index in [2.05, 4.69) is 10.5 Å². The number of nitrogens with two attached hydrogens (primary N) is 1. The van der Waals surface area contributed by atoms with Crippen LogP contribution in [0.5, 0.6) is 0 Å². The van der Waals surface area contributed by atoms with E-state index in [0.717, 1.165) is 16.8 Å². The number of hydrogen-bond donors (Lipinski definition) is 3. The predicted octanol–water partition coefficient (Wildman–Crippen LogP) is 1.38. The molecule has 1 amide bonds. The number of carbonyl (C=O) groups is 1. The van der Waals surface area contributed by atoms with Gasteiger partial charge in [0, 0.05) is 5.69 Å². The zero-order chi connectivity index (χ0) is 12.1. The van der Waals surface area contributed by atoms with E-state index in [1.165, 1.54) is 0 Å². The fourth-order valence-electron chi connectivity index (χ4n) is 1.35. The van der Waals surface area contributed by atoms with Gasteiger partial charge in [0.15, 0.2) is 0 Å². The van der Waals surface area contributed by atoms with E-state index >= 15 is 0 Å². The number of carbonyl (C=O) groups excluding carboxylic acids is 1. The van der Waals surface area contributed by atoms with Crippen LogP contribution in [0.4, 0.5) is 5.69 Å². The molecule has 0 spiro atoms. The van der Waals surface area contributed by atoms with Crippen LogP contribution in [0.1, 0.15) is 17.5 Å². The minimum Gasteiger partial charge on any atom is -0.409 e. The number of aryl methyl sites for hydroxylation is 2. The summed E-state index contributed by atoms with van der Waals surface area (Å²) in [5, 5.41) is 13.8. The van der Waals surface area contributed by atoms with Crippen molar-refractivity contribution < 1.29 is 10.0 Å². The highest BCUT2D eigenvalue weighted by Crippen LogP contribution is 2.15. The lowest BCUT2D eigenvalue weighted by Crippen LogP contribution is -2.22. The van der Waals surface area contributed by atoms with Crippen molar-refractivity contribution in [1.29, 1.82) is 0 Å². The van der Waals surface area contributed by atoms with Crippen molar-refractivity contribution in [2.24, 2.45) is 10.9 Å². The van der Waals surface area contributed by atoms with Gasteiger partial charge in [-0.05, 0) is 25.5 Å². The van der Waals surface area contributed by atoms with Gasteiger partial charge < -0.3 is 16.3 Å². The molecule has 0 aliphatic carbocycles. The molecule has 4 N–H and O–H groups in total. The number of anilines is 1. The molecular weight excluding hydrogens is 206 g/mol. The molecule has 0 unspecified atom stereocenters. The summed E-state index contributed by atoms with van der Waals surface area (Å²) in [6, 6.07) is 5.71. The average molecular weight is 221 g/mol. The van der Waals surface area contributed by atoms with Crippen molar-refractivity contribution in [3.05, 3.63) is 29.3 Å². The van der Waals surface area contributed by atoms with E-state index < -0.39 is 0 Å². The van der Waals surface area contributed by atoms with E-state index in [0.29, 0.717) is 0 Å². The van der Waals surface area contributed by atoms with Gasteiger partial charge >= 0.3 is 0 Å². The first-order valence-electron chi connectivity index (χ1n) is 4.86. The second-order valence-corrected chi connectivity index (χ2v) is 3.63. The number of nitrogens with zero attached hydrogens (tertiary/aromatic N) is 1. The summed E-state index contributed by atoms with van der Waals surface area (Å²) in [5.41, 5.74) is 8.08. The van der Waals surface area contributed by atoms with Crippen LogP contribution in [0, 0.1) is 13.8 Å². The zero-order valence-corrected chi connectivity index (χ0v) is 9.32. The number of amides is 1. The Morgan fingerprint density at radius 1 is 1.50 bits per heavy atom. The van der Waals surface area contributed by atoms with Crippen molar-refractivity contribution in [2.45, 2.75) is 20.3 Å². The summed E-state index contributed by atoms with van der Waals surface area (Å²) in [4.78, 5) is 11.4. The number of benzene rings is 1. The minimum atomic E-state index is -0.303. The smallest absolute Gasteiger partial charge is 0.232 e. The topological polar surface area (TPSA) is 87.7 Å². The van der Waals surface area contributed by atoms with Crippen LogP contribution in [0.15, 0.2) is 23.4 Å². The Morgan fingerprint density at radius 3 is 2.75 bits per heavy atom. The van der Waals surface area contributed by atoms with Crippen LogP contribution >= 0.6 is 0 Å². The van der Waals surface area contributed by atoms with Gasteiger partial charge in [0.05, 0.1) is 6.42 Å². The molecule has 1 aromatic rings. The molecule has 0 aromatic heterocycles. The molecule has 5 nitrogen and oxygen atoms in total. The Hall–Kier alpha value is -2.04. The number of oxime groups is 1. The van der Waals surface area contributed by atoms with Gasteiger partial charge in [-0.2, -0.15) is 0 Å². The average Bonchev–Trinajstić information content (AvgIpc) is 2.22. The van der Waals surface area contributed by atoms with Gasteiger partial charge in [0.25, 0.3) is 0 Å². The number of rotatable bonds is 3. The molecule has 0 saturated heterocycles. The highest BCUT2D eigenvalue weighted by Gasteiger charge is 2.06. The molecule has 16 heavy (non-hydrogen) atoms. The first kappa shape index (κ1) is 12.0. The molecule has 0 radical (unpaired) electrons. The molecule has 0 saturated carbocycles. The van der Waals surface area contributed by atoms with Crippen molar-refractivity contribution in [2.75, 3.05) is 5.32 Å². The molecule has 0 aliphatic rings. The molecule has 0 aliphatic heterocycles.